The molecule has 0 bridgehead atoms. The number of rotatable bonds is 5. The van der Waals surface area contributed by atoms with Crippen molar-refractivity contribution in [1.29, 1.82) is 0 Å². The van der Waals surface area contributed by atoms with Gasteiger partial charge in [-0.05, 0) is 6.07 Å². The van der Waals surface area contributed by atoms with Crippen LogP contribution in [0.25, 0.3) is 0 Å². The molecule has 0 atom stereocenters. The number of nitro groups is 1. The summed E-state index contributed by atoms with van der Waals surface area (Å²) in [5.41, 5.74) is 0.476. The van der Waals surface area contributed by atoms with E-state index in [4.69, 9.17) is 14.2 Å². The molecule has 0 aliphatic carbocycles. The summed E-state index contributed by atoms with van der Waals surface area (Å²) in [5, 5.41) is 10.7. The van der Waals surface area contributed by atoms with E-state index < -0.39 is 11.2 Å². The number of hydrogen-bond donors (Lipinski definition) is 0. The van der Waals surface area contributed by atoms with Crippen molar-refractivity contribution in [3.8, 4) is 5.75 Å². The van der Waals surface area contributed by atoms with E-state index in [1.807, 2.05) is 0 Å². The molecule has 1 aromatic rings. The van der Waals surface area contributed by atoms with Gasteiger partial charge in [0.05, 0.1) is 18.1 Å². The molecule has 1 aromatic carbocycles. The Morgan fingerprint density at radius 1 is 1.19 bits per heavy atom. The highest BCUT2D eigenvalue weighted by Gasteiger charge is 2.16. The smallest absolute Gasteiger partial charge is 0.273 e. The topological polar surface area (TPSA) is 70.8 Å². The molecule has 0 amide bonds. The summed E-state index contributed by atoms with van der Waals surface area (Å²) in [7, 11) is 4.36. The second kappa shape index (κ2) is 5.43. The lowest BCUT2D eigenvalue weighted by Crippen LogP contribution is -2.04. The van der Waals surface area contributed by atoms with Gasteiger partial charge in [0.2, 0.25) is 0 Å². The quantitative estimate of drug-likeness (QED) is 0.436. The average molecular weight is 227 g/mol. The summed E-state index contributed by atoms with van der Waals surface area (Å²) in [6.45, 7) is 0. The van der Waals surface area contributed by atoms with Crippen molar-refractivity contribution >= 4 is 5.69 Å². The standard InChI is InChI=1S/C10H13NO5/c1-14-9-5-7(10(15-2)16-3)4-8(6-9)11(12)13/h4-6,10H,1-3H3. The number of hydrogen-bond acceptors (Lipinski definition) is 5. The van der Waals surface area contributed by atoms with Crippen LogP contribution in [0.4, 0.5) is 5.69 Å². The third-order valence-electron chi connectivity index (χ3n) is 2.06. The normalized spacial score (nSPS) is 10.5. The Morgan fingerprint density at radius 2 is 1.81 bits per heavy atom. The zero-order valence-corrected chi connectivity index (χ0v) is 9.30. The van der Waals surface area contributed by atoms with Crippen LogP contribution in [-0.2, 0) is 9.47 Å². The van der Waals surface area contributed by atoms with E-state index in [1.165, 1.54) is 33.5 Å². The molecular formula is C10H13NO5. The molecule has 0 heterocycles. The highest BCUT2D eigenvalue weighted by Crippen LogP contribution is 2.27. The molecule has 0 fully saturated rings. The number of non-ortho nitro benzene ring substituents is 1. The van der Waals surface area contributed by atoms with E-state index in [1.54, 1.807) is 6.07 Å². The largest absolute Gasteiger partial charge is 0.496 e. The Bertz CT molecular complexity index is 375. The lowest BCUT2D eigenvalue weighted by Gasteiger charge is -2.14. The van der Waals surface area contributed by atoms with Gasteiger partial charge in [-0.25, -0.2) is 0 Å². The van der Waals surface area contributed by atoms with Crippen LogP contribution in [0, 0.1) is 10.1 Å². The molecule has 0 spiro atoms. The Hall–Kier alpha value is -1.66. The molecule has 6 nitrogen and oxygen atoms in total. The van der Waals surface area contributed by atoms with Crippen molar-refractivity contribution in [2.24, 2.45) is 0 Å². The Balaban J connectivity index is 3.17. The van der Waals surface area contributed by atoms with Crippen molar-refractivity contribution in [3.63, 3.8) is 0 Å². The summed E-state index contributed by atoms with van der Waals surface area (Å²) >= 11 is 0. The van der Waals surface area contributed by atoms with Gasteiger partial charge < -0.3 is 14.2 Å². The molecule has 0 N–H and O–H groups in total. The van der Waals surface area contributed by atoms with Crippen LogP contribution in [-0.4, -0.2) is 26.3 Å². The molecule has 1 rings (SSSR count). The number of benzene rings is 1. The predicted molar refractivity (Wildman–Crippen MR) is 56.4 cm³/mol. The summed E-state index contributed by atoms with van der Waals surface area (Å²) in [6, 6.07) is 4.36. The molecule has 88 valence electrons. The molecule has 16 heavy (non-hydrogen) atoms. The van der Waals surface area contributed by atoms with Crippen LogP contribution in [0.15, 0.2) is 18.2 Å². The van der Waals surface area contributed by atoms with Gasteiger partial charge in [-0.2, -0.15) is 0 Å². The first kappa shape index (κ1) is 12.4. The molecule has 6 heteroatoms. The minimum absolute atomic E-state index is 0.0616. The third-order valence-corrected chi connectivity index (χ3v) is 2.06. The summed E-state index contributed by atoms with van der Waals surface area (Å²) in [4.78, 5) is 10.2. The number of nitro benzene ring substituents is 1. The Kier molecular flexibility index (Phi) is 4.21. The van der Waals surface area contributed by atoms with Crippen molar-refractivity contribution < 1.29 is 19.1 Å². The van der Waals surface area contributed by atoms with Crippen LogP contribution in [0.2, 0.25) is 0 Å². The van der Waals surface area contributed by atoms with Gasteiger partial charge in [0.25, 0.3) is 5.69 Å². The molecule has 0 saturated heterocycles. The van der Waals surface area contributed by atoms with Gasteiger partial charge in [0.1, 0.15) is 5.75 Å². The van der Waals surface area contributed by atoms with Crippen LogP contribution in [0.5, 0.6) is 5.75 Å². The monoisotopic (exact) mass is 227 g/mol. The van der Waals surface area contributed by atoms with Crippen LogP contribution in [0.3, 0.4) is 0 Å². The second-order valence-electron chi connectivity index (χ2n) is 3.02. The lowest BCUT2D eigenvalue weighted by molar-refractivity contribution is -0.385. The molecule has 0 aromatic heterocycles. The fraction of sp³-hybridized carbons (Fsp3) is 0.400. The van der Waals surface area contributed by atoms with Gasteiger partial charge in [-0.15, -0.1) is 0 Å². The van der Waals surface area contributed by atoms with E-state index in [2.05, 4.69) is 0 Å². The lowest BCUT2D eigenvalue weighted by atomic mass is 10.2. The fourth-order valence-electron chi connectivity index (χ4n) is 1.33. The number of ether oxygens (including phenoxy) is 3. The number of methoxy groups -OCH3 is 3. The van der Waals surface area contributed by atoms with Crippen LogP contribution >= 0.6 is 0 Å². The Morgan fingerprint density at radius 3 is 2.25 bits per heavy atom. The van der Waals surface area contributed by atoms with Crippen molar-refractivity contribution in [1.82, 2.24) is 0 Å². The maximum Gasteiger partial charge on any atom is 0.273 e. The van der Waals surface area contributed by atoms with Gasteiger partial charge in [-0.3, -0.25) is 10.1 Å². The molecule has 0 radical (unpaired) electrons. The van der Waals surface area contributed by atoms with E-state index in [-0.39, 0.29) is 5.69 Å². The first-order valence-electron chi connectivity index (χ1n) is 4.51. The average Bonchev–Trinajstić information content (AvgIpc) is 2.30. The first-order valence-corrected chi connectivity index (χ1v) is 4.51. The minimum Gasteiger partial charge on any atom is -0.496 e. The van der Waals surface area contributed by atoms with E-state index >= 15 is 0 Å². The van der Waals surface area contributed by atoms with Crippen LogP contribution < -0.4 is 4.74 Å². The summed E-state index contributed by atoms with van der Waals surface area (Å²) < 4.78 is 15.0. The Labute approximate surface area is 92.9 Å². The van der Waals surface area contributed by atoms with E-state index in [9.17, 15) is 10.1 Å². The zero-order valence-electron chi connectivity index (χ0n) is 9.30. The highest BCUT2D eigenvalue weighted by molar-refractivity contribution is 5.43. The van der Waals surface area contributed by atoms with Gasteiger partial charge in [-0.1, -0.05) is 0 Å². The first-order chi connectivity index (χ1) is 7.62. The second-order valence-corrected chi connectivity index (χ2v) is 3.02. The van der Waals surface area contributed by atoms with Crippen molar-refractivity contribution in [3.05, 3.63) is 33.9 Å². The van der Waals surface area contributed by atoms with Gasteiger partial charge in [0, 0.05) is 25.8 Å². The van der Waals surface area contributed by atoms with Gasteiger partial charge >= 0.3 is 0 Å². The van der Waals surface area contributed by atoms with E-state index in [0.717, 1.165) is 0 Å². The zero-order chi connectivity index (χ0) is 12.1. The predicted octanol–water partition coefficient (Wildman–Crippen LogP) is 1.89. The summed E-state index contributed by atoms with van der Waals surface area (Å²) in [6.07, 6.45) is -0.645. The third kappa shape index (κ3) is 2.68. The summed E-state index contributed by atoms with van der Waals surface area (Å²) in [5.74, 6) is 0.392. The minimum atomic E-state index is -0.645. The molecular weight excluding hydrogens is 214 g/mol. The molecule has 0 aliphatic rings. The maximum absolute atomic E-state index is 10.7. The van der Waals surface area contributed by atoms with Crippen molar-refractivity contribution in [2.75, 3.05) is 21.3 Å². The van der Waals surface area contributed by atoms with E-state index in [0.29, 0.717) is 11.3 Å². The number of nitrogens with zero attached hydrogens (tertiary/aromatic N) is 1. The SMILES string of the molecule is COc1cc(C(OC)OC)cc([N+](=O)[O-])c1. The van der Waals surface area contributed by atoms with Crippen LogP contribution in [0.1, 0.15) is 11.9 Å². The fourth-order valence-corrected chi connectivity index (χ4v) is 1.33. The maximum atomic E-state index is 10.7. The van der Waals surface area contributed by atoms with Gasteiger partial charge in [0.15, 0.2) is 6.29 Å². The van der Waals surface area contributed by atoms with Crippen molar-refractivity contribution in [2.45, 2.75) is 6.29 Å². The molecule has 0 unspecified atom stereocenters. The molecule has 0 aliphatic heterocycles. The highest BCUT2D eigenvalue weighted by atomic mass is 16.7. The molecule has 0 saturated carbocycles.